The first-order valence-electron chi connectivity index (χ1n) is 15.1. The molecular weight excluding hydrogens is 568 g/mol. The van der Waals surface area contributed by atoms with Crippen LogP contribution in [0.5, 0.6) is 0 Å². The third kappa shape index (κ3) is 4.75. The maximum absolute atomic E-state index is 14.4. The molecule has 0 fully saturated rings. The topological polar surface area (TPSA) is 100 Å². The summed E-state index contributed by atoms with van der Waals surface area (Å²) in [4.78, 5) is 39.8. The van der Waals surface area contributed by atoms with Crippen molar-refractivity contribution < 1.29 is 4.79 Å². The van der Waals surface area contributed by atoms with Gasteiger partial charge in [-0.05, 0) is 84.6 Å². The number of aryl methyl sites for hydroxylation is 2. The number of ketones is 1. The summed E-state index contributed by atoms with van der Waals surface area (Å²) in [6.07, 6.45) is 3.56. The number of hydrogen-bond donors (Lipinski definition) is 2. The number of imidazole rings is 2. The number of benzene rings is 4. The smallest absolute Gasteiger partial charge is 0.194 e. The summed E-state index contributed by atoms with van der Waals surface area (Å²) in [6, 6.07) is 35.5. The Morgan fingerprint density at radius 3 is 1.41 bits per heavy atom. The number of nitrogens with one attached hydrogen (secondary N) is 2. The molecule has 4 aromatic heterocycles. The minimum Gasteiger partial charge on any atom is -0.338 e. The first kappa shape index (κ1) is 27.3. The van der Waals surface area contributed by atoms with Crippen molar-refractivity contribution in [1.29, 1.82) is 0 Å². The second-order valence-electron chi connectivity index (χ2n) is 11.3. The number of aromatic nitrogens is 6. The minimum absolute atomic E-state index is 0.0474. The third-order valence-corrected chi connectivity index (χ3v) is 8.46. The Labute approximate surface area is 265 Å². The molecule has 220 valence electrons. The van der Waals surface area contributed by atoms with E-state index in [-0.39, 0.29) is 5.78 Å². The Balaban J connectivity index is 1.17. The van der Waals surface area contributed by atoms with Crippen LogP contribution in [0.15, 0.2) is 122 Å². The molecule has 7 nitrogen and oxygen atoms in total. The minimum atomic E-state index is -0.0474. The van der Waals surface area contributed by atoms with Crippen LogP contribution in [-0.2, 0) is 0 Å². The zero-order chi connectivity index (χ0) is 31.2. The van der Waals surface area contributed by atoms with E-state index in [0.717, 1.165) is 78.5 Å². The lowest BCUT2D eigenvalue weighted by Crippen LogP contribution is -2.05. The summed E-state index contributed by atoms with van der Waals surface area (Å²) in [7, 11) is 0. The van der Waals surface area contributed by atoms with Crippen LogP contribution in [0.2, 0.25) is 0 Å². The number of H-pyrrole nitrogens is 2. The van der Waals surface area contributed by atoms with Gasteiger partial charge in [0.15, 0.2) is 5.78 Å². The number of nitrogens with zero attached hydrogens (tertiary/aromatic N) is 4. The molecule has 0 bridgehead atoms. The molecule has 8 aromatic rings. The highest BCUT2D eigenvalue weighted by atomic mass is 16.1. The van der Waals surface area contributed by atoms with Crippen molar-refractivity contribution in [2.45, 2.75) is 13.8 Å². The van der Waals surface area contributed by atoms with Crippen LogP contribution in [0, 0.1) is 13.8 Å². The molecule has 0 unspecified atom stereocenters. The predicted octanol–water partition coefficient (Wildman–Crippen LogP) is 8.75. The van der Waals surface area contributed by atoms with Crippen molar-refractivity contribution in [3.05, 3.63) is 144 Å². The Morgan fingerprint density at radius 2 is 0.957 bits per heavy atom. The lowest BCUT2D eigenvalue weighted by Gasteiger charge is -2.13. The fourth-order valence-corrected chi connectivity index (χ4v) is 6.08. The van der Waals surface area contributed by atoms with Crippen molar-refractivity contribution in [2.24, 2.45) is 0 Å². The highest BCUT2D eigenvalue weighted by molar-refractivity contribution is 6.16. The standard InChI is InChI=1S/C39H28N6O/c1-23-27(13-7-19-40-23)38-42-33-17-15-25(21-35(33)44-38)29-9-3-5-11-31(29)37(46)32-12-6-4-10-30(32)26-16-18-34-36(22-26)45-39(43-34)28-14-8-20-41-24(28)2/h3-22H,1-2H3,(H,42,44)(H,43,45). The average Bonchev–Trinajstić information content (AvgIpc) is 3.72. The van der Waals surface area contributed by atoms with Gasteiger partial charge in [-0.2, -0.15) is 0 Å². The highest BCUT2D eigenvalue weighted by Gasteiger charge is 2.20. The number of fused-ring (bicyclic) bond motifs is 2. The van der Waals surface area contributed by atoms with Gasteiger partial charge in [0.1, 0.15) is 11.6 Å². The summed E-state index contributed by atoms with van der Waals surface area (Å²) >= 11 is 0. The maximum atomic E-state index is 14.4. The Bertz CT molecular complexity index is 2270. The summed E-state index contributed by atoms with van der Waals surface area (Å²) in [6.45, 7) is 3.95. The Morgan fingerprint density at radius 1 is 0.522 bits per heavy atom. The zero-order valence-electron chi connectivity index (χ0n) is 25.2. The van der Waals surface area contributed by atoms with Crippen molar-refractivity contribution in [3.8, 4) is 45.0 Å². The van der Waals surface area contributed by atoms with Crippen molar-refractivity contribution in [2.75, 3.05) is 0 Å². The first-order valence-corrected chi connectivity index (χ1v) is 15.1. The lowest BCUT2D eigenvalue weighted by molar-refractivity contribution is 0.104. The van der Waals surface area contributed by atoms with Gasteiger partial charge >= 0.3 is 0 Å². The molecule has 7 heteroatoms. The summed E-state index contributed by atoms with van der Waals surface area (Å²) in [5.74, 6) is 1.49. The van der Waals surface area contributed by atoms with Crippen LogP contribution in [0.3, 0.4) is 0 Å². The fourth-order valence-electron chi connectivity index (χ4n) is 6.08. The predicted molar refractivity (Wildman–Crippen MR) is 182 cm³/mol. The molecule has 0 spiro atoms. The fraction of sp³-hybridized carbons (Fsp3) is 0.0513. The van der Waals surface area contributed by atoms with E-state index in [0.29, 0.717) is 11.1 Å². The quantitative estimate of drug-likeness (QED) is 0.187. The molecule has 0 atom stereocenters. The molecule has 0 aliphatic rings. The average molecular weight is 597 g/mol. The van der Waals surface area contributed by atoms with Crippen LogP contribution < -0.4 is 0 Å². The third-order valence-electron chi connectivity index (χ3n) is 8.46. The maximum Gasteiger partial charge on any atom is 0.194 e. The molecule has 46 heavy (non-hydrogen) atoms. The first-order chi connectivity index (χ1) is 22.5. The monoisotopic (exact) mass is 596 g/mol. The molecule has 0 saturated carbocycles. The number of pyridine rings is 2. The van der Waals surface area contributed by atoms with E-state index >= 15 is 0 Å². The molecule has 0 radical (unpaired) electrons. The number of hydrogen-bond acceptors (Lipinski definition) is 5. The SMILES string of the molecule is Cc1ncccc1-c1nc2cc(-c3ccccc3C(=O)c3ccccc3-c3ccc4[nH]c(-c5cccnc5C)nc4c3)ccc2[nH]1. The second kappa shape index (κ2) is 11.1. The molecule has 2 N–H and O–H groups in total. The van der Waals surface area contributed by atoms with Gasteiger partial charge in [0.2, 0.25) is 0 Å². The largest absolute Gasteiger partial charge is 0.338 e. The van der Waals surface area contributed by atoms with Gasteiger partial charge in [-0.1, -0.05) is 60.7 Å². The number of carbonyl (C=O) groups is 1. The van der Waals surface area contributed by atoms with Gasteiger partial charge < -0.3 is 9.97 Å². The molecule has 0 amide bonds. The van der Waals surface area contributed by atoms with Crippen LogP contribution in [0.25, 0.3) is 67.1 Å². The van der Waals surface area contributed by atoms with E-state index in [1.54, 1.807) is 12.4 Å². The van der Waals surface area contributed by atoms with Crippen LogP contribution in [-0.4, -0.2) is 35.7 Å². The van der Waals surface area contributed by atoms with Crippen molar-refractivity contribution >= 4 is 27.9 Å². The van der Waals surface area contributed by atoms with Crippen LogP contribution in [0.4, 0.5) is 0 Å². The van der Waals surface area contributed by atoms with E-state index in [9.17, 15) is 4.79 Å². The highest BCUT2D eigenvalue weighted by Crippen LogP contribution is 2.34. The summed E-state index contributed by atoms with van der Waals surface area (Å²) < 4.78 is 0. The molecule has 0 aliphatic carbocycles. The van der Waals surface area contributed by atoms with Crippen molar-refractivity contribution in [1.82, 2.24) is 29.9 Å². The molecule has 4 heterocycles. The Kier molecular flexibility index (Phi) is 6.57. The van der Waals surface area contributed by atoms with Gasteiger partial charge in [0.25, 0.3) is 0 Å². The number of aromatic amines is 2. The number of carbonyl (C=O) groups excluding carboxylic acids is 1. The van der Waals surface area contributed by atoms with E-state index in [1.807, 2.05) is 123 Å². The molecule has 8 rings (SSSR count). The van der Waals surface area contributed by atoms with Gasteiger partial charge in [-0.3, -0.25) is 14.8 Å². The van der Waals surface area contributed by atoms with E-state index in [1.165, 1.54) is 0 Å². The summed E-state index contributed by atoms with van der Waals surface area (Å²) in [5, 5.41) is 0. The molecule has 4 aromatic carbocycles. The second-order valence-corrected chi connectivity index (χ2v) is 11.3. The van der Waals surface area contributed by atoms with Gasteiger partial charge in [0.05, 0.1) is 22.1 Å². The molecule has 0 saturated heterocycles. The van der Waals surface area contributed by atoms with Gasteiger partial charge in [-0.15, -0.1) is 0 Å². The molecular formula is C39H28N6O. The van der Waals surface area contributed by atoms with Gasteiger partial charge in [-0.25, -0.2) is 9.97 Å². The Hall–Kier alpha value is -6.21. The van der Waals surface area contributed by atoms with Crippen LogP contribution >= 0.6 is 0 Å². The van der Waals surface area contributed by atoms with Crippen LogP contribution in [0.1, 0.15) is 27.3 Å². The normalized spacial score (nSPS) is 11.3. The van der Waals surface area contributed by atoms with E-state index in [4.69, 9.17) is 9.97 Å². The summed E-state index contributed by atoms with van der Waals surface area (Å²) in [5.41, 5.74) is 12.0. The van der Waals surface area contributed by atoms with Gasteiger partial charge in [0, 0.05) is 46.0 Å². The zero-order valence-corrected chi connectivity index (χ0v) is 25.2. The van der Waals surface area contributed by atoms with Crippen molar-refractivity contribution in [3.63, 3.8) is 0 Å². The lowest BCUT2D eigenvalue weighted by atomic mass is 9.90. The molecule has 0 aliphatic heterocycles. The van der Waals surface area contributed by atoms with E-state index < -0.39 is 0 Å². The number of rotatable bonds is 6. The van der Waals surface area contributed by atoms with E-state index in [2.05, 4.69) is 19.9 Å².